The van der Waals surface area contributed by atoms with Gasteiger partial charge in [-0.1, -0.05) is 49.4 Å². The monoisotopic (exact) mass is 277 g/mol. The van der Waals surface area contributed by atoms with Gasteiger partial charge in [-0.05, 0) is 42.5 Å². The molecule has 0 unspecified atom stereocenters. The smallest absolute Gasteiger partial charge is 0.0859 e. The Hall–Kier alpha value is -2.42. The van der Waals surface area contributed by atoms with E-state index < -0.39 is 0 Å². The van der Waals surface area contributed by atoms with E-state index in [1.54, 1.807) is 4.80 Å². The molecule has 1 aromatic heterocycles. The summed E-state index contributed by atoms with van der Waals surface area (Å²) in [5.74, 6) is 0. The molecule has 0 atom stereocenters. The van der Waals surface area contributed by atoms with Crippen molar-refractivity contribution in [1.82, 2.24) is 15.0 Å². The maximum atomic E-state index is 4.46. The van der Waals surface area contributed by atoms with E-state index in [9.17, 15) is 0 Å². The minimum Gasteiger partial charge on any atom is -0.157 e. The molecule has 3 rings (SSSR count). The van der Waals surface area contributed by atoms with Crippen molar-refractivity contribution in [2.24, 2.45) is 0 Å². The summed E-state index contributed by atoms with van der Waals surface area (Å²) >= 11 is 0. The highest BCUT2D eigenvalue weighted by Crippen LogP contribution is 2.12. The van der Waals surface area contributed by atoms with Crippen LogP contribution in [-0.4, -0.2) is 15.0 Å². The fourth-order valence-corrected chi connectivity index (χ4v) is 2.35. The standard InChI is InChI=1S/C18H19N3/c1-2-17-14-19-21(20-17)18-10-6-9-16(13-18)12-11-15-7-4-3-5-8-15/h3-10,13-14H,2,11-12H2,1H3. The summed E-state index contributed by atoms with van der Waals surface area (Å²) in [5.41, 5.74) is 4.73. The Balaban J connectivity index is 1.74. The number of hydrogen-bond acceptors (Lipinski definition) is 2. The van der Waals surface area contributed by atoms with Gasteiger partial charge in [0, 0.05) is 0 Å². The lowest BCUT2D eigenvalue weighted by Crippen LogP contribution is -2.00. The third-order valence-electron chi connectivity index (χ3n) is 3.59. The molecule has 0 N–H and O–H groups in total. The molecule has 0 amide bonds. The van der Waals surface area contributed by atoms with Crippen LogP contribution in [0.15, 0.2) is 60.8 Å². The van der Waals surface area contributed by atoms with Crippen molar-refractivity contribution in [2.75, 3.05) is 0 Å². The number of hydrogen-bond donors (Lipinski definition) is 0. The van der Waals surface area contributed by atoms with Gasteiger partial charge in [0.25, 0.3) is 0 Å². The zero-order valence-corrected chi connectivity index (χ0v) is 12.2. The highest BCUT2D eigenvalue weighted by Gasteiger charge is 2.03. The Morgan fingerprint density at radius 2 is 1.67 bits per heavy atom. The van der Waals surface area contributed by atoms with Crippen LogP contribution in [0.1, 0.15) is 23.7 Å². The van der Waals surface area contributed by atoms with Crippen LogP contribution in [0.2, 0.25) is 0 Å². The Labute approximate surface area is 125 Å². The lowest BCUT2D eigenvalue weighted by atomic mass is 10.0. The summed E-state index contributed by atoms with van der Waals surface area (Å²) in [4.78, 5) is 1.71. The third kappa shape index (κ3) is 3.37. The highest BCUT2D eigenvalue weighted by molar-refractivity contribution is 5.34. The van der Waals surface area contributed by atoms with Crippen LogP contribution >= 0.6 is 0 Å². The van der Waals surface area contributed by atoms with Gasteiger partial charge in [-0.2, -0.15) is 15.0 Å². The Bertz CT molecular complexity index is 701. The molecule has 106 valence electrons. The minimum absolute atomic E-state index is 0.910. The van der Waals surface area contributed by atoms with E-state index in [4.69, 9.17) is 0 Å². The van der Waals surface area contributed by atoms with Gasteiger partial charge in [-0.3, -0.25) is 0 Å². The van der Waals surface area contributed by atoms with E-state index in [0.29, 0.717) is 0 Å². The first-order chi connectivity index (χ1) is 10.3. The molecule has 0 aliphatic carbocycles. The Kier molecular flexibility index (Phi) is 4.10. The Morgan fingerprint density at radius 1 is 0.905 bits per heavy atom. The second-order valence-electron chi connectivity index (χ2n) is 5.13. The lowest BCUT2D eigenvalue weighted by Gasteiger charge is -2.05. The molecular formula is C18H19N3. The molecule has 1 heterocycles. The maximum Gasteiger partial charge on any atom is 0.0859 e. The molecule has 0 saturated carbocycles. The van der Waals surface area contributed by atoms with E-state index in [2.05, 4.69) is 65.7 Å². The summed E-state index contributed by atoms with van der Waals surface area (Å²) in [7, 11) is 0. The molecule has 0 spiro atoms. The molecule has 0 aliphatic heterocycles. The normalized spacial score (nSPS) is 10.7. The van der Waals surface area contributed by atoms with Gasteiger partial charge in [0.15, 0.2) is 0 Å². The molecule has 3 heteroatoms. The van der Waals surface area contributed by atoms with Gasteiger partial charge in [0.2, 0.25) is 0 Å². The third-order valence-corrected chi connectivity index (χ3v) is 3.59. The molecule has 0 saturated heterocycles. The van der Waals surface area contributed by atoms with Gasteiger partial charge in [-0.15, -0.1) is 0 Å². The molecule has 2 aromatic carbocycles. The lowest BCUT2D eigenvalue weighted by molar-refractivity contribution is 0.738. The molecule has 0 aliphatic rings. The summed E-state index contributed by atoms with van der Waals surface area (Å²) in [6.07, 6.45) is 4.82. The second-order valence-corrected chi connectivity index (χ2v) is 5.13. The second kappa shape index (κ2) is 6.35. The highest BCUT2D eigenvalue weighted by atomic mass is 15.5. The molecule has 0 fully saturated rings. The predicted molar refractivity (Wildman–Crippen MR) is 84.6 cm³/mol. The number of aromatic nitrogens is 3. The maximum absolute atomic E-state index is 4.46. The van der Waals surface area contributed by atoms with Gasteiger partial charge in [-0.25, -0.2) is 0 Å². The largest absolute Gasteiger partial charge is 0.157 e. The number of nitrogens with zero attached hydrogens (tertiary/aromatic N) is 3. The number of rotatable bonds is 5. The van der Waals surface area contributed by atoms with Crippen molar-refractivity contribution in [3.8, 4) is 5.69 Å². The van der Waals surface area contributed by atoms with E-state index in [-0.39, 0.29) is 0 Å². The molecule has 3 aromatic rings. The zero-order chi connectivity index (χ0) is 14.5. The number of aryl methyl sites for hydroxylation is 3. The van der Waals surface area contributed by atoms with Crippen molar-refractivity contribution in [2.45, 2.75) is 26.2 Å². The number of benzene rings is 2. The first-order valence-electron chi connectivity index (χ1n) is 7.39. The molecule has 3 nitrogen and oxygen atoms in total. The van der Waals surface area contributed by atoms with Crippen molar-refractivity contribution in [3.05, 3.63) is 77.6 Å². The van der Waals surface area contributed by atoms with Crippen molar-refractivity contribution >= 4 is 0 Å². The average Bonchev–Trinajstić information content (AvgIpc) is 3.03. The van der Waals surface area contributed by atoms with E-state index in [1.807, 2.05) is 12.3 Å². The van der Waals surface area contributed by atoms with Crippen LogP contribution in [0, 0.1) is 0 Å². The molecule has 21 heavy (non-hydrogen) atoms. The van der Waals surface area contributed by atoms with Crippen LogP contribution < -0.4 is 0 Å². The molecule has 0 bridgehead atoms. The van der Waals surface area contributed by atoms with Crippen LogP contribution in [0.5, 0.6) is 0 Å². The predicted octanol–water partition coefficient (Wildman–Crippen LogP) is 3.61. The summed E-state index contributed by atoms with van der Waals surface area (Å²) in [6.45, 7) is 2.09. The van der Waals surface area contributed by atoms with Crippen molar-refractivity contribution < 1.29 is 0 Å². The fourth-order valence-electron chi connectivity index (χ4n) is 2.35. The van der Waals surface area contributed by atoms with E-state index in [0.717, 1.165) is 30.6 Å². The minimum atomic E-state index is 0.910. The zero-order valence-electron chi connectivity index (χ0n) is 12.2. The molecule has 0 radical (unpaired) electrons. The first-order valence-corrected chi connectivity index (χ1v) is 7.39. The average molecular weight is 277 g/mol. The van der Waals surface area contributed by atoms with Gasteiger partial charge >= 0.3 is 0 Å². The summed E-state index contributed by atoms with van der Waals surface area (Å²) in [5, 5.41) is 8.79. The van der Waals surface area contributed by atoms with Crippen molar-refractivity contribution in [1.29, 1.82) is 0 Å². The molecular weight excluding hydrogens is 258 g/mol. The van der Waals surface area contributed by atoms with E-state index >= 15 is 0 Å². The topological polar surface area (TPSA) is 30.7 Å². The summed E-state index contributed by atoms with van der Waals surface area (Å²) in [6, 6.07) is 19.0. The van der Waals surface area contributed by atoms with Gasteiger partial charge < -0.3 is 0 Å². The summed E-state index contributed by atoms with van der Waals surface area (Å²) < 4.78 is 0. The van der Waals surface area contributed by atoms with Gasteiger partial charge in [0.1, 0.15) is 0 Å². The Morgan fingerprint density at radius 3 is 2.43 bits per heavy atom. The van der Waals surface area contributed by atoms with Crippen LogP contribution in [0.3, 0.4) is 0 Å². The van der Waals surface area contributed by atoms with Crippen molar-refractivity contribution in [3.63, 3.8) is 0 Å². The first kappa shape index (κ1) is 13.6. The van der Waals surface area contributed by atoms with Crippen LogP contribution in [0.4, 0.5) is 0 Å². The quantitative estimate of drug-likeness (QED) is 0.713. The van der Waals surface area contributed by atoms with Crippen LogP contribution in [-0.2, 0) is 19.3 Å². The van der Waals surface area contributed by atoms with Crippen LogP contribution in [0.25, 0.3) is 5.69 Å². The van der Waals surface area contributed by atoms with E-state index in [1.165, 1.54) is 11.1 Å². The fraction of sp³-hybridized carbons (Fsp3) is 0.222. The SMILES string of the molecule is CCc1cnn(-c2cccc(CCc3ccccc3)c2)n1. The van der Waals surface area contributed by atoms with Gasteiger partial charge in [0.05, 0.1) is 17.6 Å².